The first-order valence-electron chi connectivity index (χ1n) is 6.63. The molecule has 2 N–H and O–H groups in total. The van der Waals surface area contributed by atoms with E-state index in [9.17, 15) is 0 Å². The first-order valence-corrected chi connectivity index (χ1v) is 6.63. The van der Waals surface area contributed by atoms with Gasteiger partial charge in [-0.05, 0) is 30.9 Å². The number of nitrogens with one attached hydrogen (secondary N) is 2. The summed E-state index contributed by atoms with van der Waals surface area (Å²) >= 11 is 0. The van der Waals surface area contributed by atoms with Gasteiger partial charge in [0.15, 0.2) is 0 Å². The van der Waals surface area contributed by atoms with Crippen LogP contribution in [0.3, 0.4) is 0 Å². The normalized spacial score (nSPS) is 11.9. The Morgan fingerprint density at radius 2 is 2.06 bits per heavy atom. The van der Waals surface area contributed by atoms with Crippen LogP contribution < -0.4 is 10.6 Å². The summed E-state index contributed by atoms with van der Waals surface area (Å²) in [6, 6.07) is 1.92. The van der Waals surface area contributed by atoms with Crippen LogP contribution in [-0.2, 0) is 6.54 Å². The third-order valence-corrected chi connectivity index (χ3v) is 2.75. The molecular formula is C14H26N4. The van der Waals surface area contributed by atoms with Crippen LogP contribution in [0.1, 0.15) is 39.9 Å². The van der Waals surface area contributed by atoms with Gasteiger partial charge >= 0.3 is 0 Å². The number of nitrogens with zero attached hydrogens (tertiary/aromatic N) is 2. The summed E-state index contributed by atoms with van der Waals surface area (Å²) < 4.78 is 0. The quantitative estimate of drug-likeness (QED) is 0.781. The minimum absolute atomic E-state index is 0.280. The SMILES string of the molecule is CNCc1nccc(NCC(C)(C)CC(C)C)n1. The Morgan fingerprint density at radius 1 is 1.33 bits per heavy atom. The fourth-order valence-electron chi connectivity index (χ4n) is 2.25. The van der Waals surface area contributed by atoms with Crippen LogP contribution >= 0.6 is 0 Å². The lowest BCUT2D eigenvalue weighted by Crippen LogP contribution is -2.25. The van der Waals surface area contributed by atoms with Crippen molar-refractivity contribution in [3.63, 3.8) is 0 Å². The topological polar surface area (TPSA) is 49.8 Å². The molecule has 1 aromatic rings. The molecule has 0 fully saturated rings. The summed E-state index contributed by atoms with van der Waals surface area (Å²) in [5.41, 5.74) is 0.280. The molecule has 0 amide bonds. The van der Waals surface area contributed by atoms with E-state index in [1.807, 2.05) is 13.1 Å². The third-order valence-electron chi connectivity index (χ3n) is 2.75. The molecule has 0 aliphatic rings. The molecule has 4 nitrogen and oxygen atoms in total. The standard InChI is InChI=1S/C14H26N4/c1-11(2)8-14(3,4)10-17-12-6-7-16-13(18-12)9-15-5/h6-7,11,15H,8-10H2,1-5H3,(H,16,17,18). The van der Waals surface area contributed by atoms with E-state index in [1.165, 1.54) is 6.42 Å². The molecule has 0 aliphatic heterocycles. The molecule has 0 spiro atoms. The third kappa shape index (κ3) is 5.45. The van der Waals surface area contributed by atoms with Crippen LogP contribution in [0.15, 0.2) is 12.3 Å². The zero-order chi connectivity index (χ0) is 13.6. The number of hydrogen-bond acceptors (Lipinski definition) is 4. The van der Waals surface area contributed by atoms with Crippen LogP contribution in [-0.4, -0.2) is 23.6 Å². The lowest BCUT2D eigenvalue weighted by Gasteiger charge is -2.27. The number of anilines is 1. The molecule has 1 rings (SSSR count). The monoisotopic (exact) mass is 250 g/mol. The van der Waals surface area contributed by atoms with Crippen LogP contribution in [0.2, 0.25) is 0 Å². The maximum absolute atomic E-state index is 4.46. The highest BCUT2D eigenvalue weighted by Crippen LogP contribution is 2.25. The fraction of sp³-hybridized carbons (Fsp3) is 0.714. The zero-order valence-electron chi connectivity index (χ0n) is 12.2. The Bertz CT molecular complexity index is 361. The van der Waals surface area contributed by atoms with E-state index >= 15 is 0 Å². The number of aromatic nitrogens is 2. The molecule has 0 aromatic carbocycles. The molecule has 18 heavy (non-hydrogen) atoms. The Kier molecular flexibility index (Phi) is 5.54. The summed E-state index contributed by atoms with van der Waals surface area (Å²) in [6.45, 7) is 10.7. The van der Waals surface area contributed by atoms with Gasteiger partial charge in [0.05, 0.1) is 6.54 Å². The van der Waals surface area contributed by atoms with Gasteiger partial charge in [-0.2, -0.15) is 0 Å². The maximum atomic E-state index is 4.46. The molecule has 0 radical (unpaired) electrons. The van der Waals surface area contributed by atoms with E-state index in [0.717, 1.165) is 18.2 Å². The smallest absolute Gasteiger partial charge is 0.144 e. The van der Waals surface area contributed by atoms with Gasteiger partial charge in [0, 0.05) is 12.7 Å². The summed E-state index contributed by atoms with van der Waals surface area (Å²) in [7, 11) is 1.90. The lowest BCUT2D eigenvalue weighted by atomic mass is 9.84. The molecule has 0 saturated carbocycles. The second-order valence-electron chi connectivity index (χ2n) is 6.00. The van der Waals surface area contributed by atoms with Gasteiger partial charge in [0.25, 0.3) is 0 Å². The molecule has 102 valence electrons. The van der Waals surface area contributed by atoms with E-state index in [1.54, 1.807) is 6.20 Å². The van der Waals surface area contributed by atoms with Gasteiger partial charge in [-0.15, -0.1) is 0 Å². The van der Waals surface area contributed by atoms with Crippen LogP contribution in [0.4, 0.5) is 5.82 Å². The van der Waals surface area contributed by atoms with Gasteiger partial charge in [-0.1, -0.05) is 27.7 Å². The minimum atomic E-state index is 0.280. The first kappa shape index (κ1) is 14.9. The average Bonchev–Trinajstić information content (AvgIpc) is 2.26. The predicted molar refractivity (Wildman–Crippen MR) is 76.5 cm³/mol. The van der Waals surface area contributed by atoms with Crippen molar-refractivity contribution in [2.45, 2.75) is 40.7 Å². The molecule has 4 heteroatoms. The van der Waals surface area contributed by atoms with E-state index in [4.69, 9.17) is 0 Å². The molecule has 1 heterocycles. The molecule has 0 aliphatic carbocycles. The summed E-state index contributed by atoms with van der Waals surface area (Å²) in [4.78, 5) is 8.67. The maximum Gasteiger partial charge on any atom is 0.144 e. The highest BCUT2D eigenvalue weighted by Gasteiger charge is 2.19. The van der Waals surface area contributed by atoms with Gasteiger partial charge in [-0.3, -0.25) is 0 Å². The first-order chi connectivity index (χ1) is 8.43. The Labute approximate surface area is 111 Å². The molecule has 0 bridgehead atoms. The second-order valence-corrected chi connectivity index (χ2v) is 6.00. The van der Waals surface area contributed by atoms with Gasteiger partial charge < -0.3 is 10.6 Å². The van der Waals surface area contributed by atoms with Crippen molar-refractivity contribution in [3.8, 4) is 0 Å². The van der Waals surface area contributed by atoms with E-state index in [-0.39, 0.29) is 5.41 Å². The summed E-state index contributed by atoms with van der Waals surface area (Å²) in [6.07, 6.45) is 3.01. The lowest BCUT2D eigenvalue weighted by molar-refractivity contribution is 0.306. The number of hydrogen-bond donors (Lipinski definition) is 2. The van der Waals surface area contributed by atoms with Crippen molar-refractivity contribution in [1.82, 2.24) is 15.3 Å². The van der Waals surface area contributed by atoms with E-state index < -0.39 is 0 Å². The van der Waals surface area contributed by atoms with Gasteiger partial charge in [0.2, 0.25) is 0 Å². The summed E-state index contributed by atoms with van der Waals surface area (Å²) in [5, 5.41) is 6.47. The Hall–Kier alpha value is -1.16. The molecule has 0 unspecified atom stereocenters. The van der Waals surface area contributed by atoms with Crippen molar-refractivity contribution in [2.24, 2.45) is 11.3 Å². The summed E-state index contributed by atoms with van der Waals surface area (Å²) in [5.74, 6) is 2.45. The highest BCUT2D eigenvalue weighted by atomic mass is 15.0. The molecule has 1 aromatic heterocycles. The fourth-order valence-corrected chi connectivity index (χ4v) is 2.25. The van der Waals surface area contributed by atoms with Crippen molar-refractivity contribution in [3.05, 3.63) is 18.1 Å². The molecule has 0 saturated heterocycles. The largest absolute Gasteiger partial charge is 0.369 e. The molecule has 0 atom stereocenters. The predicted octanol–water partition coefficient (Wildman–Crippen LogP) is 2.68. The van der Waals surface area contributed by atoms with Crippen molar-refractivity contribution >= 4 is 5.82 Å². The highest BCUT2D eigenvalue weighted by molar-refractivity contribution is 5.33. The van der Waals surface area contributed by atoms with E-state index in [0.29, 0.717) is 12.5 Å². The van der Waals surface area contributed by atoms with Crippen LogP contribution in [0, 0.1) is 11.3 Å². The zero-order valence-corrected chi connectivity index (χ0v) is 12.2. The van der Waals surface area contributed by atoms with E-state index in [2.05, 4.69) is 48.3 Å². The Balaban J connectivity index is 2.54. The minimum Gasteiger partial charge on any atom is -0.369 e. The van der Waals surface area contributed by atoms with Crippen LogP contribution in [0.25, 0.3) is 0 Å². The Morgan fingerprint density at radius 3 is 2.67 bits per heavy atom. The van der Waals surface area contributed by atoms with Crippen LogP contribution in [0.5, 0.6) is 0 Å². The number of rotatable bonds is 7. The average molecular weight is 250 g/mol. The van der Waals surface area contributed by atoms with Crippen molar-refractivity contribution in [2.75, 3.05) is 18.9 Å². The van der Waals surface area contributed by atoms with Gasteiger partial charge in [0.1, 0.15) is 11.6 Å². The molecular weight excluding hydrogens is 224 g/mol. The van der Waals surface area contributed by atoms with Crippen molar-refractivity contribution < 1.29 is 0 Å². The second kappa shape index (κ2) is 6.69. The van der Waals surface area contributed by atoms with Crippen molar-refractivity contribution in [1.29, 1.82) is 0 Å². The van der Waals surface area contributed by atoms with Gasteiger partial charge in [-0.25, -0.2) is 9.97 Å².